The van der Waals surface area contributed by atoms with E-state index in [4.69, 9.17) is 0 Å². The van der Waals surface area contributed by atoms with Gasteiger partial charge in [0.2, 0.25) is 0 Å². The van der Waals surface area contributed by atoms with Crippen molar-refractivity contribution in [2.24, 2.45) is 7.05 Å². The van der Waals surface area contributed by atoms with Gasteiger partial charge >= 0.3 is 0 Å². The summed E-state index contributed by atoms with van der Waals surface area (Å²) in [6, 6.07) is 2.23. The average molecular weight is 280 g/mol. The summed E-state index contributed by atoms with van der Waals surface area (Å²) in [5, 5.41) is 11.1. The number of hydrogen-bond acceptors (Lipinski definition) is 3. The van der Waals surface area contributed by atoms with Gasteiger partial charge in [0.15, 0.2) is 0 Å². The molecule has 0 saturated heterocycles. The molecule has 0 amide bonds. The molecule has 1 aromatic heterocycles. The Kier molecular flexibility index (Phi) is 4.44. The van der Waals surface area contributed by atoms with Crippen molar-refractivity contribution in [2.45, 2.75) is 26.3 Å². The fraction of sp³-hybridized carbons (Fsp3) is 0.429. The number of nitrogens with zero attached hydrogens (tertiary/aromatic N) is 3. The summed E-state index contributed by atoms with van der Waals surface area (Å²) in [5.41, 5.74) is 1.65. The first-order valence-electron chi connectivity index (χ1n) is 6.55. The van der Waals surface area contributed by atoms with E-state index < -0.39 is 11.6 Å². The molecule has 2 aromatic rings. The standard InChI is InChI=1S/C14H18F2N4/c1-4-17-14(6-10-8-20(3)19-18-10)11-5-9(2)12(15)7-13(11)16/h5,7-8,14,17H,4,6H2,1-3H3. The van der Waals surface area contributed by atoms with Gasteiger partial charge in [-0.1, -0.05) is 12.1 Å². The molecular weight excluding hydrogens is 262 g/mol. The molecule has 20 heavy (non-hydrogen) atoms. The Morgan fingerprint density at radius 2 is 2.05 bits per heavy atom. The van der Waals surface area contributed by atoms with Crippen molar-refractivity contribution in [3.05, 3.63) is 46.8 Å². The summed E-state index contributed by atoms with van der Waals surface area (Å²) in [6.07, 6.45) is 2.29. The number of benzene rings is 1. The van der Waals surface area contributed by atoms with Crippen molar-refractivity contribution in [3.8, 4) is 0 Å². The lowest BCUT2D eigenvalue weighted by Gasteiger charge is -2.18. The third kappa shape index (κ3) is 3.19. The zero-order valence-corrected chi connectivity index (χ0v) is 11.8. The van der Waals surface area contributed by atoms with Crippen molar-refractivity contribution in [2.75, 3.05) is 6.54 Å². The highest BCUT2D eigenvalue weighted by atomic mass is 19.1. The summed E-state index contributed by atoms with van der Waals surface area (Å²) in [4.78, 5) is 0. The average Bonchev–Trinajstić information content (AvgIpc) is 2.79. The monoisotopic (exact) mass is 280 g/mol. The van der Waals surface area contributed by atoms with Gasteiger partial charge in [-0.2, -0.15) is 0 Å². The van der Waals surface area contributed by atoms with Gasteiger partial charge < -0.3 is 5.32 Å². The van der Waals surface area contributed by atoms with Crippen LogP contribution < -0.4 is 5.32 Å². The first-order chi connectivity index (χ1) is 9.51. The van der Waals surface area contributed by atoms with Crippen LogP contribution in [-0.4, -0.2) is 21.5 Å². The van der Waals surface area contributed by atoms with E-state index in [-0.39, 0.29) is 6.04 Å². The molecule has 1 aromatic carbocycles. The van der Waals surface area contributed by atoms with Gasteiger partial charge in [-0.3, -0.25) is 4.68 Å². The third-order valence-electron chi connectivity index (χ3n) is 3.17. The fourth-order valence-corrected chi connectivity index (χ4v) is 2.18. The number of likely N-dealkylation sites (N-methyl/N-ethyl adjacent to an activating group) is 1. The molecule has 0 aliphatic carbocycles. The Labute approximate surface area is 116 Å². The third-order valence-corrected chi connectivity index (χ3v) is 3.17. The van der Waals surface area contributed by atoms with Crippen LogP contribution in [0, 0.1) is 18.6 Å². The molecule has 1 heterocycles. The van der Waals surface area contributed by atoms with Crippen molar-refractivity contribution >= 4 is 0 Å². The first kappa shape index (κ1) is 14.6. The highest BCUT2D eigenvalue weighted by molar-refractivity contribution is 5.29. The first-order valence-corrected chi connectivity index (χ1v) is 6.55. The normalized spacial score (nSPS) is 12.7. The molecule has 0 bridgehead atoms. The molecule has 2 rings (SSSR count). The van der Waals surface area contributed by atoms with Crippen LogP contribution in [0.5, 0.6) is 0 Å². The molecule has 4 nitrogen and oxygen atoms in total. The summed E-state index contributed by atoms with van der Waals surface area (Å²) >= 11 is 0. The lowest BCUT2D eigenvalue weighted by atomic mass is 9.99. The summed E-state index contributed by atoms with van der Waals surface area (Å²) in [6.45, 7) is 4.25. The Morgan fingerprint density at radius 1 is 1.30 bits per heavy atom. The van der Waals surface area contributed by atoms with Gasteiger partial charge in [0.25, 0.3) is 0 Å². The van der Waals surface area contributed by atoms with E-state index in [0.717, 1.165) is 11.8 Å². The van der Waals surface area contributed by atoms with Crippen molar-refractivity contribution < 1.29 is 8.78 Å². The van der Waals surface area contributed by atoms with Crippen molar-refractivity contribution in [1.82, 2.24) is 20.3 Å². The zero-order valence-electron chi connectivity index (χ0n) is 11.8. The predicted octanol–water partition coefficient (Wildman–Crippen LogP) is 2.30. The van der Waals surface area contributed by atoms with Crippen LogP contribution in [0.3, 0.4) is 0 Å². The number of rotatable bonds is 5. The van der Waals surface area contributed by atoms with Crippen LogP contribution in [0.15, 0.2) is 18.3 Å². The van der Waals surface area contributed by atoms with Gasteiger partial charge in [0.1, 0.15) is 11.6 Å². The molecule has 0 saturated carbocycles. The Hall–Kier alpha value is -1.82. The van der Waals surface area contributed by atoms with E-state index in [1.807, 2.05) is 6.92 Å². The minimum atomic E-state index is -0.539. The fourth-order valence-electron chi connectivity index (χ4n) is 2.18. The Morgan fingerprint density at radius 3 is 2.65 bits per heavy atom. The number of halogens is 2. The van der Waals surface area contributed by atoms with Crippen LogP contribution in [0.4, 0.5) is 8.78 Å². The van der Waals surface area contributed by atoms with E-state index >= 15 is 0 Å². The molecular formula is C14H18F2N4. The van der Waals surface area contributed by atoms with Crippen LogP contribution in [0.25, 0.3) is 0 Å². The number of hydrogen-bond donors (Lipinski definition) is 1. The number of aryl methyl sites for hydroxylation is 2. The van der Waals surface area contributed by atoms with Gasteiger partial charge in [-0.15, -0.1) is 5.10 Å². The molecule has 0 aliphatic rings. The number of nitrogens with one attached hydrogen (secondary N) is 1. The molecule has 108 valence electrons. The maximum absolute atomic E-state index is 14.0. The lowest BCUT2D eigenvalue weighted by Crippen LogP contribution is -2.24. The van der Waals surface area contributed by atoms with Crippen LogP contribution in [0.1, 0.15) is 29.8 Å². The lowest BCUT2D eigenvalue weighted by molar-refractivity contribution is 0.497. The molecule has 1 unspecified atom stereocenters. The Bertz CT molecular complexity index is 595. The summed E-state index contributed by atoms with van der Waals surface area (Å²) in [5.74, 6) is -1.07. The SMILES string of the molecule is CCNC(Cc1cn(C)nn1)c1cc(C)c(F)cc1F. The summed E-state index contributed by atoms with van der Waals surface area (Å²) < 4.78 is 28.9. The topological polar surface area (TPSA) is 42.7 Å². The minimum absolute atomic E-state index is 0.254. The van der Waals surface area contributed by atoms with Gasteiger partial charge in [-0.25, -0.2) is 8.78 Å². The molecule has 1 atom stereocenters. The van der Waals surface area contributed by atoms with Crippen LogP contribution >= 0.6 is 0 Å². The molecule has 0 radical (unpaired) electrons. The molecule has 0 aliphatic heterocycles. The van der Waals surface area contributed by atoms with E-state index in [1.54, 1.807) is 30.9 Å². The zero-order chi connectivity index (χ0) is 14.7. The molecule has 6 heteroatoms. The quantitative estimate of drug-likeness (QED) is 0.914. The number of aromatic nitrogens is 3. The molecule has 0 spiro atoms. The second-order valence-corrected chi connectivity index (χ2v) is 4.82. The van der Waals surface area contributed by atoms with Crippen LogP contribution in [-0.2, 0) is 13.5 Å². The maximum atomic E-state index is 14.0. The van der Waals surface area contributed by atoms with E-state index in [0.29, 0.717) is 24.1 Å². The van der Waals surface area contributed by atoms with Crippen molar-refractivity contribution in [1.29, 1.82) is 0 Å². The van der Waals surface area contributed by atoms with E-state index in [2.05, 4.69) is 15.6 Å². The van der Waals surface area contributed by atoms with Gasteiger partial charge in [0.05, 0.1) is 5.69 Å². The second-order valence-electron chi connectivity index (χ2n) is 4.82. The van der Waals surface area contributed by atoms with E-state index in [1.165, 1.54) is 0 Å². The smallest absolute Gasteiger partial charge is 0.130 e. The van der Waals surface area contributed by atoms with Gasteiger partial charge in [0, 0.05) is 37.3 Å². The van der Waals surface area contributed by atoms with Gasteiger partial charge in [-0.05, 0) is 25.1 Å². The van der Waals surface area contributed by atoms with E-state index in [9.17, 15) is 8.78 Å². The van der Waals surface area contributed by atoms with Crippen molar-refractivity contribution in [3.63, 3.8) is 0 Å². The second kappa shape index (κ2) is 6.09. The largest absolute Gasteiger partial charge is 0.310 e. The molecule has 0 fully saturated rings. The Balaban J connectivity index is 2.30. The molecule has 1 N–H and O–H groups in total. The predicted molar refractivity (Wildman–Crippen MR) is 72.2 cm³/mol. The van der Waals surface area contributed by atoms with Crippen LogP contribution in [0.2, 0.25) is 0 Å². The minimum Gasteiger partial charge on any atom is -0.310 e. The highest BCUT2D eigenvalue weighted by Gasteiger charge is 2.18. The summed E-state index contributed by atoms with van der Waals surface area (Å²) in [7, 11) is 1.78. The maximum Gasteiger partial charge on any atom is 0.130 e. The highest BCUT2D eigenvalue weighted by Crippen LogP contribution is 2.23.